The van der Waals surface area contributed by atoms with E-state index >= 15 is 0 Å². The van der Waals surface area contributed by atoms with Crippen LogP contribution in [0.5, 0.6) is 0 Å². The molecule has 0 spiro atoms. The maximum Gasteiger partial charge on any atom is 0.224 e. The lowest BCUT2D eigenvalue weighted by atomic mass is 10.1. The molecule has 0 bridgehead atoms. The fourth-order valence-electron chi connectivity index (χ4n) is 3.53. The number of hydrogen-bond donors (Lipinski definition) is 1. The largest absolute Gasteiger partial charge is 0.376 e. The van der Waals surface area contributed by atoms with Crippen molar-refractivity contribution in [1.82, 2.24) is 10.2 Å². The van der Waals surface area contributed by atoms with Gasteiger partial charge in [-0.15, -0.1) is 12.4 Å². The number of ether oxygens (including phenoxy) is 1. The Hall–Kier alpha value is -1.10. The molecule has 0 aliphatic carbocycles. The van der Waals surface area contributed by atoms with Gasteiger partial charge < -0.3 is 15.0 Å². The maximum atomic E-state index is 12.3. The van der Waals surface area contributed by atoms with Crippen molar-refractivity contribution in [3.05, 3.63) is 35.9 Å². The monoisotopic (exact) mass is 352 g/mol. The van der Waals surface area contributed by atoms with Gasteiger partial charge in [0.15, 0.2) is 0 Å². The number of nitrogens with one attached hydrogen (secondary N) is 1. The van der Waals surface area contributed by atoms with Crippen LogP contribution in [0.4, 0.5) is 0 Å². The van der Waals surface area contributed by atoms with E-state index in [1.54, 1.807) is 0 Å². The van der Waals surface area contributed by atoms with Crippen molar-refractivity contribution in [2.24, 2.45) is 0 Å². The fraction of sp³-hybridized carbons (Fsp3) is 0.632. The first-order valence-electron chi connectivity index (χ1n) is 8.98. The SMILES string of the molecule is Cl.O=C(CC1CCCN1)N1CCC(OCCCc2ccccc2)C1. The summed E-state index contributed by atoms with van der Waals surface area (Å²) in [5.41, 5.74) is 1.36. The van der Waals surface area contributed by atoms with Gasteiger partial charge in [-0.1, -0.05) is 30.3 Å². The van der Waals surface area contributed by atoms with Crippen LogP contribution in [0, 0.1) is 0 Å². The molecule has 2 fully saturated rings. The van der Waals surface area contributed by atoms with Crippen molar-refractivity contribution >= 4 is 18.3 Å². The fourth-order valence-corrected chi connectivity index (χ4v) is 3.53. The first kappa shape index (κ1) is 19.2. The van der Waals surface area contributed by atoms with E-state index in [9.17, 15) is 4.79 Å². The van der Waals surface area contributed by atoms with Gasteiger partial charge in [0.25, 0.3) is 0 Å². The highest BCUT2D eigenvalue weighted by atomic mass is 35.5. The quantitative estimate of drug-likeness (QED) is 0.767. The number of likely N-dealkylation sites (tertiary alicyclic amines) is 1. The lowest BCUT2D eigenvalue weighted by Crippen LogP contribution is -2.35. The molecule has 4 nitrogen and oxygen atoms in total. The molecule has 5 heteroatoms. The molecular weight excluding hydrogens is 324 g/mol. The molecule has 2 aliphatic rings. The number of rotatable bonds is 7. The smallest absolute Gasteiger partial charge is 0.224 e. The average Bonchev–Trinajstić information content (AvgIpc) is 3.24. The van der Waals surface area contributed by atoms with Gasteiger partial charge in [-0.25, -0.2) is 0 Å². The minimum atomic E-state index is 0. The molecule has 1 N–H and O–H groups in total. The lowest BCUT2D eigenvalue weighted by molar-refractivity contribution is -0.131. The normalized spacial score (nSPS) is 23.2. The number of carbonyl (C=O) groups is 1. The molecular formula is C19H29ClN2O2. The second-order valence-electron chi connectivity index (χ2n) is 6.71. The highest BCUT2D eigenvalue weighted by Gasteiger charge is 2.28. The van der Waals surface area contributed by atoms with Crippen molar-refractivity contribution in [3.8, 4) is 0 Å². The minimum Gasteiger partial charge on any atom is -0.376 e. The number of nitrogens with zero attached hydrogens (tertiary/aromatic N) is 1. The summed E-state index contributed by atoms with van der Waals surface area (Å²) in [6.07, 6.45) is 6.30. The zero-order chi connectivity index (χ0) is 15.9. The van der Waals surface area contributed by atoms with E-state index in [4.69, 9.17) is 4.74 Å². The second kappa shape index (κ2) is 10.0. The molecule has 24 heavy (non-hydrogen) atoms. The van der Waals surface area contributed by atoms with E-state index < -0.39 is 0 Å². The van der Waals surface area contributed by atoms with Crippen LogP contribution in [-0.4, -0.2) is 49.2 Å². The number of carbonyl (C=O) groups excluding carboxylic acids is 1. The van der Waals surface area contributed by atoms with Gasteiger partial charge in [0.05, 0.1) is 6.10 Å². The highest BCUT2D eigenvalue weighted by molar-refractivity contribution is 5.85. The molecule has 1 amide bonds. The van der Waals surface area contributed by atoms with Crippen LogP contribution in [0.2, 0.25) is 0 Å². The van der Waals surface area contributed by atoms with Gasteiger partial charge in [-0.3, -0.25) is 4.79 Å². The number of amides is 1. The summed E-state index contributed by atoms with van der Waals surface area (Å²) in [6.45, 7) is 3.47. The third kappa shape index (κ3) is 5.76. The Labute approximate surface area is 151 Å². The van der Waals surface area contributed by atoms with Gasteiger partial charge in [-0.05, 0) is 44.2 Å². The molecule has 1 aromatic carbocycles. The highest BCUT2D eigenvalue weighted by Crippen LogP contribution is 2.17. The third-order valence-electron chi connectivity index (χ3n) is 4.89. The Balaban J connectivity index is 0.00000208. The molecule has 0 radical (unpaired) electrons. The van der Waals surface area contributed by atoms with Crippen LogP contribution in [0.1, 0.15) is 37.7 Å². The van der Waals surface area contributed by atoms with Crippen molar-refractivity contribution < 1.29 is 9.53 Å². The average molecular weight is 353 g/mol. The molecule has 3 rings (SSSR count). The summed E-state index contributed by atoms with van der Waals surface area (Å²) in [7, 11) is 0. The van der Waals surface area contributed by atoms with Crippen molar-refractivity contribution in [2.45, 2.75) is 50.7 Å². The zero-order valence-corrected chi connectivity index (χ0v) is 15.1. The van der Waals surface area contributed by atoms with Crippen LogP contribution in [0.3, 0.4) is 0 Å². The number of hydrogen-bond acceptors (Lipinski definition) is 3. The van der Waals surface area contributed by atoms with E-state index in [2.05, 4.69) is 29.6 Å². The number of aryl methyl sites for hydroxylation is 1. The predicted molar refractivity (Wildman–Crippen MR) is 98.6 cm³/mol. The van der Waals surface area contributed by atoms with Gasteiger partial charge in [0.2, 0.25) is 5.91 Å². The summed E-state index contributed by atoms with van der Waals surface area (Å²) in [5.74, 6) is 0.291. The maximum absolute atomic E-state index is 12.3. The molecule has 0 aromatic heterocycles. The summed E-state index contributed by atoms with van der Waals surface area (Å²) in [6, 6.07) is 10.9. The lowest BCUT2D eigenvalue weighted by Gasteiger charge is -2.19. The molecule has 1 aromatic rings. The Morgan fingerprint density at radius 3 is 2.83 bits per heavy atom. The molecule has 2 heterocycles. The number of halogens is 1. The summed E-state index contributed by atoms with van der Waals surface area (Å²) >= 11 is 0. The standard InChI is InChI=1S/C19H28N2O2.ClH/c22-19(14-17-9-4-11-20-17)21-12-10-18(15-21)23-13-5-8-16-6-2-1-3-7-16;/h1-3,6-7,17-18,20H,4-5,8-15H2;1H. The van der Waals surface area contributed by atoms with E-state index in [-0.39, 0.29) is 18.5 Å². The molecule has 2 unspecified atom stereocenters. The van der Waals surface area contributed by atoms with Gasteiger partial charge in [-0.2, -0.15) is 0 Å². The van der Waals surface area contributed by atoms with Crippen LogP contribution >= 0.6 is 12.4 Å². The molecule has 2 atom stereocenters. The third-order valence-corrected chi connectivity index (χ3v) is 4.89. The predicted octanol–water partition coefficient (Wildman–Crippen LogP) is 2.80. The summed E-state index contributed by atoms with van der Waals surface area (Å²) in [5, 5.41) is 3.40. The molecule has 134 valence electrons. The van der Waals surface area contributed by atoms with E-state index in [1.807, 2.05) is 11.0 Å². The van der Waals surface area contributed by atoms with Crippen LogP contribution in [0.15, 0.2) is 30.3 Å². The second-order valence-corrected chi connectivity index (χ2v) is 6.71. The molecule has 0 saturated carbocycles. The van der Waals surface area contributed by atoms with Crippen LogP contribution < -0.4 is 5.32 Å². The first-order chi connectivity index (χ1) is 11.3. The first-order valence-corrected chi connectivity index (χ1v) is 8.98. The minimum absolute atomic E-state index is 0. The molecule has 2 saturated heterocycles. The Morgan fingerprint density at radius 1 is 1.25 bits per heavy atom. The van der Waals surface area contributed by atoms with Gasteiger partial charge in [0.1, 0.15) is 0 Å². The summed E-state index contributed by atoms with van der Waals surface area (Å²) < 4.78 is 5.97. The van der Waals surface area contributed by atoms with Gasteiger partial charge in [0, 0.05) is 32.2 Å². The van der Waals surface area contributed by atoms with Crippen LogP contribution in [0.25, 0.3) is 0 Å². The Bertz CT molecular complexity index is 491. The zero-order valence-electron chi connectivity index (χ0n) is 14.3. The van der Waals surface area contributed by atoms with E-state index in [1.165, 1.54) is 12.0 Å². The van der Waals surface area contributed by atoms with Crippen molar-refractivity contribution in [3.63, 3.8) is 0 Å². The summed E-state index contributed by atoms with van der Waals surface area (Å²) in [4.78, 5) is 14.3. The van der Waals surface area contributed by atoms with E-state index in [0.29, 0.717) is 18.4 Å². The Kier molecular flexibility index (Phi) is 8.03. The Morgan fingerprint density at radius 2 is 2.08 bits per heavy atom. The molecule has 2 aliphatic heterocycles. The van der Waals surface area contributed by atoms with Gasteiger partial charge >= 0.3 is 0 Å². The van der Waals surface area contributed by atoms with Crippen molar-refractivity contribution in [1.29, 1.82) is 0 Å². The van der Waals surface area contributed by atoms with E-state index in [0.717, 1.165) is 51.9 Å². The topological polar surface area (TPSA) is 41.6 Å². The van der Waals surface area contributed by atoms with Crippen LogP contribution in [-0.2, 0) is 16.0 Å². The number of benzene rings is 1. The van der Waals surface area contributed by atoms with Crippen molar-refractivity contribution in [2.75, 3.05) is 26.2 Å².